The van der Waals surface area contributed by atoms with E-state index in [2.05, 4.69) is 14.6 Å². The second-order valence-corrected chi connectivity index (χ2v) is 5.97. The minimum Gasteiger partial charge on any atom is -0.393 e. The Morgan fingerprint density at radius 2 is 2.05 bits per heavy atom. The Morgan fingerprint density at radius 1 is 1.37 bits per heavy atom. The van der Waals surface area contributed by atoms with Gasteiger partial charge in [0.1, 0.15) is 10.6 Å². The number of hydrogen-bond acceptors (Lipinski definition) is 6. The third kappa shape index (κ3) is 2.66. The van der Waals surface area contributed by atoms with E-state index in [-0.39, 0.29) is 12.0 Å². The minimum absolute atomic E-state index is 0.116. The van der Waals surface area contributed by atoms with Crippen molar-refractivity contribution >= 4 is 28.3 Å². The zero-order chi connectivity index (χ0) is 13.4. The first-order chi connectivity index (χ1) is 9.15. The van der Waals surface area contributed by atoms with Crippen LogP contribution in [0.5, 0.6) is 0 Å². The highest BCUT2D eigenvalue weighted by Gasteiger charge is 2.30. The van der Waals surface area contributed by atoms with Crippen molar-refractivity contribution < 1.29 is 9.90 Å². The number of carbonyl (C=O) groups excluding carboxylic acids is 1. The molecular weight excluding hydrogens is 264 g/mol. The number of hydrogen-bond donors (Lipinski definition) is 3. The van der Waals surface area contributed by atoms with Gasteiger partial charge in [0.2, 0.25) is 0 Å². The van der Waals surface area contributed by atoms with Gasteiger partial charge in [-0.3, -0.25) is 4.79 Å². The second kappa shape index (κ2) is 4.97. The van der Waals surface area contributed by atoms with Crippen LogP contribution in [0.1, 0.15) is 36.0 Å². The third-order valence-corrected chi connectivity index (χ3v) is 4.52. The van der Waals surface area contributed by atoms with Crippen molar-refractivity contribution in [3.05, 3.63) is 5.56 Å². The fourth-order valence-electron chi connectivity index (χ4n) is 2.28. The molecule has 2 fully saturated rings. The summed E-state index contributed by atoms with van der Waals surface area (Å²) in [6, 6.07) is 0.308. The lowest BCUT2D eigenvalue weighted by Gasteiger charge is -2.30. The van der Waals surface area contributed by atoms with Crippen molar-refractivity contribution in [3.63, 3.8) is 0 Å². The van der Waals surface area contributed by atoms with E-state index in [4.69, 9.17) is 5.73 Å². The number of aliphatic hydroxyl groups excluding tert-OH is 1. The van der Waals surface area contributed by atoms with Crippen molar-refractivity contribution in [2.24, 2.45) is 0 Å². The van der Waals surface area contributed by atoms with Gasteiger partial charge in [-0.1, -0.05) is 0 Å². The monoisotopic (exact) mass is 282 g/mol. The lowest BCUT2D eigenvalue weighted by molar-refractivity contribution is 0.0952. The van der Waals surface area contributed by atoms with Crippen LogP contribution in [0.3, 0.4) is 0 Å². The van der Waals surface area contributed by atoms with Crippen molar-refractivity contribution in [2.45, 2.75) is 37.8 Å². The van der Waals surface area contributed by atoms with E-state index in [0.717, 1.165) is 43.8 Å². The van der Waals surface area contributed by atoms with Gasteiger partial charge in [-0.2, -0.15) is 4.37 Å². The quantitative estimate of drug-likeness (QED) is 0.754. The van der Waals surface area contributed by atoms with Crippen molar-refractivity contribution in [2.75, 3.05) is 23.7 Å². The highest BCUT2D eigenvalue weighted by atomic mass is 32.1. The van der Waals surface area contributed by atoms with E-state index in [1.165, 1.54) is 11.5 Å². The summed E-state index contributed by atoms with van der Waals surface area (Å²) in [6.45, 7) is 1.49. The van der Waals surface area contributed by atoms with Gasteiger partial charge in [-0.15, -0.1) is 0 Å². The Labute approximate surface area is 115 Å². The molecular formula is C12H18N4O2S. The Balaban J connectivity index is 1.79. The number of anilines is 2. The van der Waals surface area contributed by atoms with Crippen LogP contribution in [0, 0.1) is 0 Å². The number of rotatable bonds is 3. The average molecular weight is 282 g/mol. The summed E-state index contributed by atoms with van der Waals surface area (Å²) in [6.07, 6.45) is 3.32. The summed E-state index contributed by atoms with van der Waals surface area (Å²) < 4.78 is 4.11. The normalized spacial score (nSPS) is 20.6. The van der Waals surface area contributed by atoms with Gasteiger partial charge in [-0.05, 0) is 37.2 Å². The largest absolute Gasteiger partial charge is 0.393 e. The van der Waals surface area contributed by atoms with Gasteiger partial charge in [-0.25, -0.2) is 0 Å². The molecule has 1 aromatic heterocycles. The Morgan fingerprint density at radius 3 is 2.68 bits per heavy atom. The number of carbonyl (C=O) groups is 1. The smallest absolute Gasteiger partial charge is 0.258 e. The molecule has 1 saturated carbocycles. The zero-order valence-electron chi connectivity index (χ0n) is 10.6. The Hall–Kier alpha value is -1.34. The first-order valence-electron chi connectivity index (χ1n) is 6.64. The van der Waals surface area contributed by atoms with Gasteiger partial charge in [0, 0.05) is 19.1 Å². The van der Waals surface area contributed by atoms with E-state index >= 15 is 0 Å². The Bertz CT molecular complexity index is 478. The zero-order valence-corrected chi connectivity index (χ0v) is 11.4. The molecule has 6 nitrogen and oxygen atoms in total. The van der Waals surface area contributed by atoms with E-state index in [0.29, 0.717) is 17.4 Å². The van der Waals surface area contributed by atoms with Crippen LogP contribution in [-0.4, -0.2) is 40.6 Å². The molecule has 0 unspecified atom stereocenters. The summed E-state index contributed by atoms with van der Waals surface area (Å²) >= 11 is 1.27. The summed E-state index contributed by atoms with van der Waals surface area (Å²) in [4.78, 5) is 14.3. The first-order valence-corrected chi connectivity index (χ1v) is 7.41. The number of nitrogens with one attached hydrogen (secondary N) is 1. The van der Waals surface area contributed by atoms with Crippen LogP contribution in [0.25, 0.3) is 0 Å². The molecule has 3 rings (SSSR count). The molecule has 104 valence electrons. The fourth-order valence-corrected chi connectivity index (χ4v) is 3.14. The molecule has 19 heavy (non-hydrogen) atoms. The van der Waals surface area contributed by atoms with Crippen LogP contribution < -0.4 is 16.0 Å². The fraction of sp³-hybridized carbons (Fsp3) is 0.667. The molecule has 0 bridgehead atoms. The number of nitrogen functional groups attached to an aromatic ring is 1. The minimum atomic E-state index is -0.231. The van der Waals surface area contributed by atoms with E-state index in [9.17, 15) is 9.90 Å². The maximum absolute atomic E-state index is 12.2. The lowest BCUT2D eigenvalue weighted by atomic mass is 10.1. The number of nitrogens with zero attached hydrogens (tertiary/aromatic N) is 2. The summed E-state index contributed by atoms with van der Waals surface area (Å²) in [5, 5.41) is 13.3. The highest BCUT2D eigenvalue weighted by Crippen LogP contribution is 2.33. The molecule has 1 aliphatic carbocycles. The molecule has 0 atom stereocenters. The molecule has 1 aliphatic heterocycles. The number of amides is 1. The average Bonchev–Trinajstić information content (AvgIpc) is 3.11. The molecule has 1 saturated heterocycles. The molecule has 7 heteroatoms. The summed E-state index contributed by atoms with van der Waals surface area (Å²) in [7, 11) is 0. The van der Waals surface area contributed by atoms with Crippen LogP contribution >= 0.6 is 11.5 Å². The van der Waals surface area contributed by atoms with Gasteiger partial charge >= 0.3 is 0 Å². The second-order valence-electron chi connectivity index (χ2n) is 5.21. The first kappa shape index (κ1) is 12.7. The molecule has 2 heterocycles. The summed E-state index contributed by atoms with van der Waals surface area (Å²) in [5.41, 5.74) is 6.34. The molecule has 1 amide bonds. The number of aromatic nitrogens is 1. The van der Waals surface area contributed by atoms with Crippen molar-refractivity contribution in [3.8, 4) is 0 Å². The predicted octanol–water partition coefficient (Wildman–Crippen LogP) is 0.579. The maximum atomic E-state index is 12.2. The SMILES string of the molecule is Nc1nsc(N2CCC(O)CC2)c1C(=O)NC1CC1. The Kier molecular flexibility index (Phi) is 3.32. The molecule has 2 aliphatic rings. The molecule has 0 radical (unpaired) electrons. The van der Waals surface area contributed by atoms with Crippen molar-refractivity contribution in [1.29, 1.82) is 0 Å². The lowest BCUT2D eigenvalue weighted by Crippen LogP contribution is -2.37. The van der Waals surface area contributed by atoms with Crippen LogP contribution in [0.15, 0.2) is 0 Å². The van der Waals surface area contributed by atoms with Gasteiger partial charge in [0.25, 0.3) is 5.91 Å². The van der Waals surface area contributed by atoms with Gasteiger partial charge in [0.15, 0.2) is 5.82 Å². The van der Waals surface area contributed by atoms with Crippen LogP contribution in [-0.2, 0) is 0 Å². The van der Waals surface area contributed by atoms with Crippen molar-refractivity contribution in [1.82, 2.24) is 9.69 Å². The van der Waals surface area contributed by atoms with E-state index in [1.54, 1.807) is 0 Å². The highest BCUT2D eigenvalue weighted by molar-refractivity contribution is 7.11. The number of aliphatic hydroxyl groups is 1. The standard InChI is InChI=1S/C12H18N4O2S/c13-10-9(11(18)14-7-1-2-7)12(19-15-10)16-5-3-8(17)4-6-16/h7-8,17H,1-6H2,(H2,13,15)(H,14,18). The molecule has 4 N–H and O–H groups in total. The summed E-state index contributed by atoms with van der Waals surface area (Å²) in [5.74, 6) is 0.194. The molecule has 0 spiro atoms. The number of nitrogens with two attached hydrogens (primary N) is 1. The van der Waals surface area contributed by atoms with E-state index in [1.807, 2.05) is 0 Å². The predicted molar refractivity (Wildman–Crippen MR) is 74.5 cm³/mol. The number of piperidine rings is 1. The van der Waals surface area contributed by atoms with Gasteiger partial charge < -0.3 is 21.1 Å². The third-order valence-electron chi connectivity index (χ3n) is 3.59. The molecule has 1 aromatic rings. The molecule has 0 aromatic carbocycles. The topological polar surface area (TPSA) is 91.5 Å². The maximum Gasteiger partial charge on any atom is 0.258 e. The van der Waals surface area contributed by atoms with Crippen LogP contribution in [0.4, 0.5) is 10.8 Å². The van der Waals surface area contributed by atoms with Gasteiger partial charge in [0.05, 0.1) is 6.10 Å². The van der Waals surface area contributed by atoms with E-state index < -0.39 is 0 Å². The van der Waals surface area contributed by atoms with Crippen LogP contribution in [0.2, 0.25) is 0 Å².